The van der Waals surface area contributed by atoms with Gasteiger partial charge < -0.3 is 18.9 Å². The van der Waals surface area contributed by atoms with Crippen LogP contribution >= 0.6 is 0 Å². The summed E-state index contributed by atoms with van der Waals surface area (Å²) in [6.07, 6.45) is 0. The van der Waals surface area contributed by atoms with Gasteiger partial charge in [-0.15, -0.1) is 0 Å². The molecular weight excluding hydrogens is 282 g/mol. The number of anilines is 1. The van der Waals surface area contributed by atoms with E-state index in [-0.39, 0.29) is 0 Å². The van der Waals surface area contributed by atoms with Crippen molar-refractivity contribution < 1.29 is 14.0 Å². The zero-order valence-electron chi connectivity index (χ0n) is 13.2. The summed E-state index contributed by atoms with van der Waals surface area (Å²) in [6, 6.07) is 6.00. The smallest absolute Gasteiger partial charge is 0.266 e. The van der Waals surface area contributed by atoms with Crippen molar-refractivity contribution in [3.05, 3.63) is 23.8 Å². The third kappa shape index (κ3) is 2.92. The van der Waals surface area contributed by atoms with Gasteiger partial charge in [-0.05, 0) is 28.8 Å². The van der Waals surface area contributed by atoms with E-state index in [0.717, 1.165) is 24.4 Å². The van der Waals surface area contributed by atoms with Crippen molar-refractivity contribution in [2.24, 2.45) is 0 Å². The molecule has 1 fully saturated rings. The van der Waals surface area contributed by atoms with E-state index in [1.165, 1.54) is 5.56 Å². The first-order valence-electron chi connectivity index (χ1n) is 7.53. The van der Waals surface area contributed by atoms with Crippen LogP contribution in [0, 0.1) is 0 Å². The van der Waals surface area contributed by atoms with Gasteiger partial charge in [-0.1, -0.05) is 19.9 Å². The number of nitrogens with zero attached hydrogens (tertiary/aromatic N) is 3. The maximum absolute atomic E-state index is 5.48. The van der Waals surface area contributed by atoms with Crippen LogP contribution < -0.4 is 9.64 Å². The van der Waals surface area contributed by atoms with Crippen molar-refractivity contribution >= 4 is 5.95 Å². The Bertz CT molecular complexity index is 633. The highest BCUT2D eigenvalue weighted by molar-refractivity contribution is 5.59. The normalized spacial score (nSPS) is 15.4. The van der Waals surface area contributed by atoms with E-state index in [9.17, 15) is 0 Å². The number of aromatic nitrogens is 2. The molecule has 0 spiro atoms. The predicted molar refractivity (Wildman–Crippen MR) is 83.4 cm³/mol. The van der Waals surface area contributed by atoms with Gasteiger partial charge >= 0.3 is 0 Å². The molecule has 2 aromatic rings. The van der Waals surface area contributed by atoms with Gasteiger partial charge in [0.15, 0.2) is 0 Å². The number of morpholine rings is 1. The summed E-state index contributed by atoms with van der Waals surface area (Å²) >= 11 is 0. The molecule has 2 heterocycles. The summed E-state index contributed by atoms with van der Waals surface area (Å²) in [5.74, 6) is 2.37. The molecule has 0 unspecified atom stereocenters. The van der Waals surface area contributed by atoms with Gasteiger partial charge in [-0.3, -0.25) is 0 Å². The van der Waals surface area contributed by atoms with Crippen LogP contribution in [0.1, 0.15) is 25.3 Å². The Hall–Kier alpha value is -2.08. The van der Waals surface area contributed by atoms with Crippen LogP contribution in [-0.4, -0.2) is 43.6 Å². The SMILES string of the molecule is COc1cc(-c2nc(N3CCOCC3)no2)ccc1C(C)C. The Kier molecular flexibility index (Phi) is 4.29. The number of hydrogen-bond donors (Lipinski definition) is 0. The first-order chi connectivity index (χ1) is 10.7. The molecule has 1 aliphatic rings. The van der Waals surface area contributed by atoms with Crippen LogP contribution in [0.15, 0.2) is 22.7 Å². The van der Waals surface area contributed by atoms with Gasteiger partial charge in [0.05, 0.1) is 20.3 Å². The van der Waals surface area contributed by atoms with Gasteiger partial charge in [-0.25, -0.2) is 0 Å². The quantitative estimate of drug-likeness (QED) is 0.865. The number of benzene rings is 1. The molecule has 0 bridgehead atoms. The average molecular weight is 303 g/mol. The molecule has 6 heteroatoms. The minimum Gasteiger partial charge on any atom is -0.496 e. The Morgan fingerprint density at radius 3 is 2.68 bits per heavy atom. The van der Waals surface area contributed by atoms with Crippen LogP contribution in [0.2, 0.25) is 0 Å². The summed E-state index contributed by atoms with van der Waals surface area (Å²) in [5.41, 5.74) is 2.03. The summed E-state index contributed by atoms with van der Waals surface area (Å²) in [4.78, 5) is 6.56. The van der Waals surface area contributed by atoms with Crippen LogP contribution in [0.4, 0.5) is 5.95 Å². The lowest BCUT2D eigenvalue weighted by atomic mass is 10.0. The fourth-order valence-corrected chi connectivity index (χ4v) is 2.55. The highest BCUT2D eigenvalue weighted by atomic mass is 16.5. The Labute approximate surface area is 130 Å². The second-order valence-corrected chi connectivity index (χ2v) is 5.61. The molecule has 1 aliphatic heterocycles. The molecule has 0 radical (unpaired) electrons. The molecular formula is C16H21N3O3. The van der Waals surface area contributed by atoms with Crippen molar-refractivity contribution in [2.75, 3.05) is 38.3 Å². The summed E-state index contributed by atoms with van der Waals surface area (Å²) in [7, 11) is 1.68. The lowest BCUT2D eigenvalue weighted by Gasteiger charge is -2.24. The topological polar surface area (TPSA) is 60.6 Å². The number of ether oxygens (including phenoxy) is 2. The third-order valence-electron chi connectivity index (χ3n) is 3.81. The van der Waals surface area contributed by atoms with Crippen molar-refractivity contribution in [3.63, 3.8) is 0 Å². The minimum absolute atomic E-state index is 0.399. The van der Waals surface area contributed by atoms with Crippen molar-refractivity contribution in [3.8, 4) is 17.2 Å². The summed E-state index contributed by atoms with van der Waals surface area (Å²) in [6.45, 7) is 7.24. The molecule has 1 aromatic heterocycles. The van der Waals surface area contributed by atoms with E-state index in [4.69, 9.17) is 14.0 Å². The van der Waals surface area contributed by atoms with E-state index >= 15 is 0 Å². The van der Waals surface area contributed by atoms with Gasteiger partial charge in [0.25, 0.3) is 11.8 Å². The zero-order valence-corrected chi connectivity index (χ0v) is 13.2. The molecule has 118 valence electrons. The van der Waals surface area contributed by atoms with Crippen LogP contribution in [0.5, 0.6) is 5.75 Å². The molecule has 1 saturated heterocycles. The third-order valence-corrected chi connectivity index (χ3v) is 3.81. The average Bonchev–Trinajstić information content (AvgIpc) is 3.05. The lowest BCUT2D eigenvalue weighted by Crippen LogP contribution is -2.36. The summed E-state index contributed by atoms with van der Waals surface area (Å²) < 4.78 is 16.2. The fourth-order valence-electron chi connectivity index (χ4n) is 2.55. The summed E-state index contributed by atoms with van der Waals surface area (Å²) in [5, 5.41) is 4.07. The van der Waals surface area contributed by atoms with Crippen LogP contribution in [0.3, 0.4) is 0 Å². The molecule has 0 aliphatic carbocycles. The van der Waals surface area contributed by atoms with E-state index in [0.29, 0.717) is 31.0 Å². The van der Waals surface area contributed by atoms with Gasteiger partial charge in [0.1, 0.15) is 5.75 Å². The molecule has 0 atom stereocenters. The Morgan fingerprint density at radius 1 is 1.23 bits per heavy atom. The monoisotopic (exact) mass is 303 g/mol. The van der Waals surface area contributed by atoms with Crippen molar-refractivity contribution in [1.29, 1.82) is 0 Å². The number of hydrogen-bond acceptors (Lipinski definition) is 6. The van der Waals surface area contributed by atoms with Crippen LogP contribution in [-0.2, 0) is 4.74 Å². The van der Waals surface area contributed by atoms with Gasteiger partial charge in [0.2, 0.25) is 0 Å². The highest BCUT2D eigenvalue weighted by Gasteiger charge is 2.18. The molecule has 3 rings (SSSR count). The second-order valence-electron chi connectivity index (χ2n) is 5.61. The van der Waals surface area contributed by atoms with Crippen LogP contribution in [0.25, 0.3) is 11.5 Å². The lowest BCUT2D eigenvalue weighted by molar-refractivity contribution is 0.121. The van der Waals surface area contributed by atoms with E-state index in [1.54, 1.807) is 7.11 Å². The van der Waals surface area contributed by atoms with Crippen molar-refractivity contribution in [1.82, 2.24) is 10.1 Å². The number of rotatable bonds is 4. The Morgan fingerprint density at radius 2 is 2.00 bits per heavy atom. The molecule has 1 aromatic carbocycles. The van der Waals surface area contributed by atoms with E-state index < -0.39 is 0 Å². The van der Waals surface area contributed by atoms with Gasteiger partial charge in [-0.2, -0.15) is 4.98 Å². The van der Waals surface area contributed by atoms with E-state index in [1.807, 2.05) is 12.1 Å². The molecule has 0 saturated carbocycles. The molecule has 6 nitrogen and oxygen atoms in total. The fraction of sp³-hybridized carbons (Fsp3) is 0.500. The maximum Gasteiger partial charge on any atom is 0.266 e. The highest BCUT2D eigenvalue weighted by Crippen LogP contribution is 2.31. The largest absolute Gasteiger partial charge is 0.496 e. The van der Waals surface area contributed by atoms with Gasteiger partial charge in [0, 0.05) is 18.7 Å². The Balaban J connectivity index is 1.86. The molecule has 22 heavy (non-hydrogen) atoms. The van der Waals surface area contributed by atoms with Crippen molar-refractivity contribution in [2.45, 2.75) is 19.8 Å². The minimum atomic E-state index is 0.399. The first-order valence-corrected chi connectivity index (χ1v) is 7.53. The second kappa shape index (κ2) is 6.36. The van der Waals surface area contributed by atoms with E-state index in [2.05, 4.69) is 35.0 Å². The molecule has 0 amide bonds. The molecule has 0 N–H and O–H groups in total. The predicted octanol–water partition coefficient (Wildman–Crippen LogP) is 2.71. The standard InChI is InChI=1S/C16H21N3O3/c1-11(2)13-5-4-12(10-14(13)20-3)15-17-16(18-22-15)19-6-8-21-9-7-19/h4-5,10-11H,6-9H2,1-3H3. The first kappa shape index (κ1) is 14.8. The maximum atomic E-state index is 5.48. The zero-order chi connectivity index (χ0) is 15.5. The number of methoxy groups -OCH3 is 1.